The van der Waals surface area contributed by atoms with Gasteiger partial charge in [-0.15, -0.1) is 0 Å². The predicted molar refractivity (Wildman–Crippen MR) is 65.9 cm³/mol. The average molecular weight is 296 g/mol. The topological polar surface area (TPSA) is 68.0 Å². The summed E-state index contributed by atoms with van der Waals surface area (Å²) in [6.07, 6.45) is 3.07. The lowest BCUT2D eigenvalue weighted by molar-refractivity contribution is 0.231. The van der Waals surface area contributed by atoms with Gasteiger partial charge in [-0.1, -0.05) is 0 Å². The Labute approximate surface area is 105 Å². The zero-order valence-electron chi connectivity index (χ0n) is 8.93. The molecule has 0 spiro atoms. The van der Waals surface area contributed by atoms with Gasteiger partial charge in [0.2, 0.25) is 0 Å². The Morgan fingerprint density at radius 1 is 1.59 bits per heavy atom. The molecule has 17 heavy (non-hydrogen) atoms. The standard InChI is InChI=1S/C11H10BrN3O2/c12-6-3-8-10(13-4-6)11(17)15-7(5-16)1-2-9(15)14-8/h3-4,7,16H,1-2,5H2. The van der Waals surface area contributed by atoms with Crippen LogP contribution in [0.3, 0.4) is 0 Å². The minimum Gasteiger partial charge on any atom is -0.394 e. The number of fused-ring (bicyclic) bond motifs is 2. The monoisotopic (exact) mass is 295 g/mol. The summed E-state index contributed by atoms with van der Waals surface area (Å²) in [7, 11) is 0. The zero-order valence-corrected chi connectivity index (χ0v) is 10.5. The van der Waals surface area contributed by atoms with E-state index in [1.165, 1.54) is 0 Å². The van der Waals surface area contributed by atoms with Crippen LogP contribution in [0.1, 0.15) is 18.3 Å². The van der Waals surface area contributed by atoms with E-state index >= 15 is 0 Å². The maximum Gasteiger partial charge on any atom is 0.280 e. The normalized spacial score (nSPS) is 18.6. The van der Waals surface area contributed by atoms with Crippen molar-refractivity contribution >= 4 is 27.0 Å². The first kappa shape index (κ1) is 10.9. The summed E-state index contributed by atoms with van der Waals surface area (Å²) < 4.78 is 2.38. The molecule has 6 heteroatoms. The molecule has 3 heterocycles. The molecular weight excluding hydrogens is 286 g/mol. The van der Waals surface area contributed by atoms with Crippen molar-refractivity contribution in [2.24, 2.45) is 0 Å². The van der Waals surface area contributed by atoms with Crippen molar-refractivity contribution in [3.8, 4) is 0 Å². The maximum absolute atomic E-state index is 12.2. The predicted octanol–water partition coefficient (Wildman–Crippen LogP) is 1.03. The first-order valence-electron chi connectivity index (χ1n) is 5.38. The van der Waals surface area contributed by atoms with Crippen molar-refractivity contribution in [2.45, 2.75) is 18.9 Å². The molecule has 2 aromatic rings. The summed E-state index contributed by atoms with van der Waals surface area (Å²) in [5.74, 6) is 0.737. The second kappa shape index (κ2) is 3.89. The maximum atomic E-state index is 12.2. The zero-order chi connectivity index (χ0) is 12.0. The van der Waals surface area contributed by atoms with Crippen LogP contribution in [0.25, 0.3) is 11.0 Å². The fourth-order valence-corrected chi connectivity index (χ4v) is 2.57. The molecule has 0 aromatic carbocycles. The van der Waals surface area contributed by atoms with Crippen molar-refractivity contribution in [1.29, 1.82) is 0 Å². The molecule has 88 valence electrons. The third-order valence-electron chi connectivity index (χ3n) is 3.06. The Kier molecular flexibility index (Phi) is 2.48. The molecule has 1 unspecified atom stereocenters. The fraction of sp³-hybridized carbons (Fsp3) is 0.364. The van der Waals surface area contributed by atoms with Crippen molar-refractivity contribution in [3.05, 3.63) is 32.9 Å². The number of aromatic nitrogens is 3. The SMILES string of the molecule is O=c1c2ncc(Br)cc2nc2n1C(CO)CC2. The van der Waals surface area contributed by atoms with Gasteiger partial charge < -0.3 is 5.11 Å². The van der Waals surface area contributed by atoms with Gasteiger partial charge in [0.15, 0.2) is 5.52 Å². The molecule has 0 saturated carbocycles. The minimum atomic E-state index is -0.158. The number of hydrogen-bond donors (Lipinski definition) is 1. The number of aliphatic hydroxyl groups is 1. The second-order valence-corrected chi connectivity index (χ2v) is 5.02. The summed E-state index contributed by atoms with van der Waals surface area (Å²) in [4.78, 5) is 20.8. The number of nitrogens with zero attached hydrogens (tertiary/aromatic N) is 3. The first-order valence-corrected chi connectivity index (χ1v) is 6.17. The number of pyridine rings is 1. The summed E-state index contributed by atoms with van der Waals surface area (Å²) in [6, 6.07) is 1.64. The molecule has 1 atom stereocenters. The highest BCUT2D eigenvalue weighted by atomic mass is 79.9. The Hall–Kier alpha value is -1.27. The molecule has 0 fully saturated rings. The number of aliphatic hydroxyl groups excluding tert-OH is 1. The highest BCUT2D eigenvalue weighted by molar-refractivity contribution is 9.10. The van der Waals surface area contributed by atoms with Gasteiger partial charge in [-0.3, -0.25) is 9.36 Å². The van der Waals surface area contributed by atoms with Crippen molar-refractivity contribution < 1.29 is 5.11 Å². The van der Waals surface area contributed by atoms with Gasteiger partial charge in [0.25, 0.3) is 5.56 Å². The molecule has 0 radical (unpaired) electrons. The van der Waals surface area contributed by atoms with Crippen LogP contribution in [0.2, 0.25) is 0 Å². The lowest BCUT2D eigenvalue weighted by Crippen LogP contribution is -2.26. The quantitative estimate of drug-likeness (QED) is 0.853. The Balaban J connectivity index is 2.36. The van der Waals surface area contributed by atoms with E-state index in [1.54, 1.807) is 16.8 Å². The van der Waals surface area contributed by atoms with Crippen LogP contribution < -0.4 is 5.56 Å². The Morgan fingerprint density at radius 2 is 2.41 bits per heavy atom. The molecule has 3 rings (SSSR count). The Morgan fingerprint density at radius 3 is 3.18 bits per heavy atom. The molecule has 1 aliphatic rings. The van der Waals surface area contributed by atoms with E-state index < -0.39 is 0 Å². The van der Waals surface area contributed by atoms with Gasteiger partial charge in [-0.05, 0) is 28.4 Å². The van der Waals surface area contributed by atoms with E-state index in [0.29, 0.717) is 11.0 Å². The molecule has 0 bridgehead atoms. The van der Waals surface area contributed by atoms with Crippen LogP contribution >= 0.6 is 15.9 Å². The van der Waals surface area contributed by atoms with Crippen molar-refractivity contribution in [1.82, 2.24) is 14.5 Å². The third kappa shape index (κ3) is 1.59. The van der Waals surface area contributed by atoms with Crippen LogP contribution in [-0.4, -0.2) is 26.2 Å². The number of hydrogen-bond acceptors (Lipinski definition) is 4. The van der Waals surface area contributed by atoms with E-state index in [9.17, 15) is 9.90 Å². The molecule has 2 aromatic heterocycles. The summed E-state index contributed by atoms with van der Waals surface area (Å²) in [6.45, 7) is -0.0311. The first-order chi connectivity index (χ1) is 8.20. The van der Waals surface area contributed by atoms with Gasteiger partial charge in [0.05, 0.1) is 18.2 Å². The fourth-order valence-electron chi connectivity index (χ4n) is 2.25. The average Bonchev–Trinajstić information content (AvgIpc) is 2.72. The molecule has 0 amide bonds. The molecule has 0 saturated heterocycles. The van der Waals surface area contributed by atoms with Crippen molar-refractivity contribution in [2.75, 3.05) is 6.61 Å². The van der Waals surface area contributed by atoms with Crippen LogP contribution in [0.5, 0.6) is 0 Å². The minimum absolute atomic E-state index is 0.0311. The van der Waals surface area contributed by atoms with Gasteiger partial charge in [-0.2, -0.15) is 0 Å². The molecule has 0 aliphatic carbocycles. The van der Waals surface area contributed by atoms with Crippen LogP contribution in [-0.2, 0) is 6.42 Å². The Bertz CT molecular complexity index is 653. The van der Waals surface area contributed by atoms with Crippen molar-refractivity contribution in [3.63, 3.8) is 0 Å². The van der Waals surface area contributed by atoms with Crippen LogP contribution in [0.15, 0.2) is 21.5 Å². The highest BCUT2D eigenvalue weighted by Crippen LogP contribution is 2.23. The third-order valence-corrected chi connectivity index (χ3v) is 3.49. The van der Waals surface area contributed by atoms with Gasteiger partial charge in [0.1, 0.15) is 5.82 Å². The number of halogens is 1. The van der Waals surface area contributed by atoms with Gasteiger partial charge >= 0.3 is 0 Å². The van der Waals surface area contributed by atoms with Gasteiger partial charge in [-0.25, -0.2) is 9.97 Å². The second-order valence-electron chi connectivity index (χ2n) is 4.10. The van der Waals surface area contributed by atoms with E-state index in [4.69, 9.17) is 0 Å². The summed E-state index contributed by atoms with van der Waals surface area (Å²) in [5, 5.41) is 9.24. The van der Waals surface area contributed by atoms with E-state index in [0.717, 1.165) is 23.1 Å². The lowest BCUT2D eigenvalue weighted by atomic mass is 10.2. The van der Waals surface area contributed by atoms with Gasteiger partial charge in [0, 0.05) is 17.1 Å². The molecular formula is C11H10BrN3O2. The van der Waals surface area contributed by atoms with E-state index in [2.05, 4.69) is 25.9 Å². The highest BCUT2D eigenvalue weighted by Gasteiger charge is 2.25. The molecule has 1 aliphatic heterocycles. The largest absolute Gasteiger partial charge is 0.394 e. The number of rotatable bonds is 1. The summed E-state index contributed by atoms with van der Waals surface area (Å²) >= 11 is 3.31. The smallest absolute Gasteiger partial charge is 0.280 e. The molecule has 5 nitrogen and oxygen atoms in total. The van der Waals surface area contributed by atoms with E-state index in [-0.39, 0.29) is 18.2 Å². The lowest BCUT2D eigenvalue weighted by Gasteiger charge is -2.11. The summed E-state index contributed by atoms with van der Waals surface area (Å²) in [5.41, 5.74) is 0.806. The number of aryl methyl sites for hydroxylation is 1. The van der Waals surface area contributed by atoms with Crippen LogP contribution in [0.4, 0.5) is 0 Å². The van der Waals surface area contributed by atoms with Crippen LogP contribution in [0, 0.1) is 0 Å². The molecule has 1 N–H and O–H groups in total. The van der Waals surface area contributed by atoms with E-state index in [1.807, 2.05) is 0 Å².